The van der Waals surface area contributed by atoms with Gasteiger partial charge < -0.3 is 0 Å². The van der Waals surface area contributed by atoms with Crippen LogP contribution in [0.4, 0.5) is 0 Å². The van der Waals surface area contributed by atoms with E-state index in [0.29, 0.717) is 0 Å². The summed E-state index contributed by atoms with van der Waals surface area (Å²) in [5, 5.41) is 5.31. The molecular formula is C52H35B. The lowest BCUT2D eigenvalue weighted by molar-refractivity contribution is 0.768. The summed E-state index contributed by atoms with van der Waals surface area (Å²) in [6.07, 6.45) is 0.952. The highest BCUT2D eigenvalue weighted by molar-refractivity contribution is 6.99. The van der Waals surface area contributed by atoms with Gasteiger partial charge in [0, 0.05) is 0 Å². The number of rotatable bonds is 4. The molecule has 53 heavy (non-hydrogen) atoms. The molecule has 1 heterocycles. The van der Waals surface area contributed by atoms with Gasteiger partial charge >= 0.3 is 0 Å². The molecule has 2 aliphatic rings. The van der Waals surface area contributed by atoms with Crippen molar-refractivity contribution in [2.24, 2.45) is 0 Å². The predicted octanol–water partition coefficient (Wildman–Crippen LogP) is 10.4. The van der Waals surface area contributed by atoms with E-state index in [1.165, 1.54) is 93.6 Å². The van der Waals surface area contributed by atoms with Gasteiger partial charge in [-0.2, -0.15) is 0 Å². The monoisotopic (exact) mass is 670 g/mol. The Morgan fingerprint density at radius 3 is 1.53 bits per heavy atom. The van der Waals surface area contributed by atoms with Gasteiger partial charge in [-0.15, -0.1) is 0 Å². The number of fused-ring (bicyclic) bond motifs is 9. The van der Waals surface area contributed by atoms with Crippen molar-refractivity contribution >= 4 is 44.6 Å². The maximum absolute atomic E-state index is 2.45. The van der Waals surface area contributed by atoms with Crippen molar-refractivity contribution in [3.05, 3.63) is 234 Å². The predicted molar refractivity (Wildman–Crippen MR) is 225 cm³/mol. The Morgan fingerprint density at radius 1 is 0.377 bits per heavy atom. The van der Waals surface area contributed by atoms with Crippen LogP contribution in [0.2, 0.25) is 0 Å². The second-order valence-electron chi connectivity index (χ2n) is 14.7. The van der Waals surface area contributed by atoms with Gasteiger partial charge in [0.15, 0.2) is 0 Å². The molecule has 11 rings (SSSR count). The van der Waals surface area contributed by atoms with Crippen molar-refractivity contribution in [2.45, 2.75) is 11.8 Å². The molecule has 0 nitrogen and oxygen atoms in total. The summed E-state index contributed by atoms with van der Waals surface area (Å²) in [5.41, 5.74) is 17.0. The number of benzene rings is 9. The zero-order valence-electron chi connectivity index (χ0n) is 29.3. The minimum Gasteiger partial charge on any atom is -0.0680 e. The molecule has 0 unspecified atom stereocenters. The van der Waals surface area contributed by atoms with Crippen molar-refractivity contribution < 1.29 is 0 Å². The average molecular weight is 671 g/mol. The van der Waals surface area contributed by atoms with Crippen LogP contribution in [0, 0.1) is 0 Å². The Morgan fingerprint density at radius 2 is 0.906 bits per heavy atom. The van der Waals surface area contributed by atoms with E-state index < -0.39 is 5.41 Å². The lowest BCUT2D eigenvalue weighted by Gasteiger charge is -2.34. The first-order valence-electron chi connectivity index (χ1n) is 18.8. The number of hydrogen-bond donors (Lipinski definition) is 0. The molecule has 0 aromatic heterocycles. The van der Waals surface area contributed by atoms with Gasteiger partial charge in [0.2, 0.25) is 6.71 Å². The Bertz CT molecular complexity index is 2730. The summed E-state index contributed by atoms with van der Waals surface area (Å²) in [6.45, 7) is 0.123. The van der Waals surface area contributed by atoms with E-state index in [1.54, 1.807) is 0 Å². The molecule has 0 bridgehead atoms. The third-order valence-corrected chi connectivity index (χ3v) is 12.1. The maximum Gasteiger partial charge on any atom is 0.243 e. The molecule has 0 fully saturated rings. The van der Waals surface area contributed by atoms with E-state index in [0.717, 1.165) is 6.42 Å². The third-order valence-electron chi connectivity index (χ3n) is 12.1. The smallest absolute Gasteiger partial charge is 0.0680 e. The van der Waals surface area contributed by atoms with Crippen molar-refractivity contribution in [3.63, 3.8) is 0 Å². The molecule has 0 spiro atoms. The molecule has 0 radical (unpaired) electrons. The molecule has 0 N–H and O–H groups in total. The first-order chi connectivity index (χ1) is 26.3. The van der Waals surface area contributed by atoms with Crippen molar-refractivity contribution in [3.8, 4) is 22.3 Å². The Labute approximate surface area is 311 Å². The molecule has 1 heteroatoms. The molecule has 0 saturated carbocycles. The Hall–Kier alpha value is -6.44. The van der Waals surface area contributed by atoms with Gasteiger partial charge in [-0.1, -0.05) is 217 Å². The van der Waals surface area contributed by atoms with E-state index in [9.17, 15) is 0 Å². The summed E-state index contributed by atoms with van der Waals surface area (Å²) in [7, 11) is 0. The molecule has 9 aromatic rings. The molecule has 0 atom stereocenters. The van der Waals surface area contributed by atoms with Crippen molar-refractivity contribution in [1.29, 1.82) is 0 Å². The van der Waals surface area contributed by atoms with E-state index >= 15 is 0 Å². The standard InChI is InChI=1S/C52H35B/c1-2-16-41(17-3-1)52(48-23-10-8-21-46(48)47-22-9-11-24-49(47)52)42-31-29-35(30-32-42)38-15-12-18-43(34-38)53-50-39(27-25-36-13-4-6-19-44(36)50)33-40-28-26-37-14-5-7-20-45(37)51(40)53/h1-32,34H,33H2. The lowest BCUT2D eigenvalue weighted by Crippen LogP contribution is -2.57. The fourth-order valence-electron chi connectivity index (χ4n) is 9.88. The van der Waals surface area contributed by atoms with Gasteiger partial charge in [-0.25, -0.2) is 0 Å². The van der Waals surface area contributed by atoms with Crippen molar-refractivity contribution in [2.75, 3.05) is 0 Å². The minimum absolute atomic E-state index is 0.123. The highest BCUT2D eigenvalue weighted by atomic mass is 14.5. The summed E-state index contributed by atoms with van der Waals surface area (Å²) >= 11 is 0. The van der Waals surface area contributed by atoms with Crippen LogP contribution in [0.15, 0.2) is 200 Å². The topological polar surface area (TPSA) is 0 Å². The van der Waals surface area contributed by atoms with Crippen LogP contribution in [0.3, 0.4) is 0 Å². The van der Waals surface area contributed by atoms with Crippen LogP contribution in [0.5, 0.6) is 0 Å². The fourth-order valence-corrected chi connectivity index (χ4v) is 9.88. The quantitative estimate of drug-likeness (QED) is 0.164. The molecule has 1 aliphatic carbocycles. The molecule has 246 valence electrons. The lowest BCUT2D eigenvalue weighted by atomic mass is 9.32. The second kappa shape index (κ2) is 11.8. The zero-order valence-corrected chi connectivity index (χ0v) is 29.3. The summed E-state index contributed by atoms with van der Waals surface area (Å²) in [5.74, 6) is 0. The highest BCUT2D eigenvalue weighted by Gasteiger charge is 2.45. The van der Waals surface area contributed by atoms with Crippen LogP contribution < -0.4 is 16.4 Å². The van der Waals surface area contributed by atoms with E-state index in [-0.39, 0.29) is 6.71 Å². The zero-order chi connectivity index (χ0) is 34.9. The first-order valence-corrected chi connectivity index (χ1v) is 18.8. The molecular weight excluding hydrogens is 635 g/mol. The average Bonchev–Trinajstić information content (AvgIpc) is 3.54. The van der Waals surface area contributed by atoms with Crippen LogP contribution >= 0.6 is 0 Å². The minimum atomic E-state index is -0.396. The molecule has 0 saturated heterocycles. The fraction of sp³-hybridized carbons (Fsp3) is 0.0385. The second-order valence-corrected chi connectivity index (χ2v) is 14.7. The van der Waals surface area contributed by atoms with E-state index in [2.05, 4.69) is 200 Å². The summed E-state index contributed by atoms with van der Waals surface area (Å²) < 4.78 is 0. The first kappa shape index (κ1) is 30.2. The molecule has 9 aromatic carbocycles. The molecule has 0 amide bonds. The van der Waals surface area contributed by atoms with Gasteiger partial charge in [0.05, 0.1) is 5.41 Å². The van der Waals surface area contributed by atoms with Gasteiger partial charge in [-0.05, 0) is 83.6 Å². The van der Waals surface area contributed by atoms with Crippen LogP contribution in [0.25, 0.3) is 43.8 Å². The van der Waals surface area contributed by atoms with Crippen molar-refractivity contribution in [1.82, 2.24) is 0 Å². The van der Waals surface area contributed by atoms with Crippen LogP contribution in [-0.4, -0.2) is 6.71 Å². The Balaban J connectivity index is 1.08. The maximum atomic E-state index is 2.45. The van der Waals surface area contributed by atoms with Crippen LogP contribution in [0.1, 0.15) is 33.4 Å². The summed E-state index contributed by atoms with van der Waals surface area (Å²) in [4.78, 5) is 0. The highest BCUT2D eigenvalue weighted by Crippen LogP contribution is 2.56. The largest absolute Gasteiger partial charge is 0.243 e. The van der Waals surface area contributed by atoms with E-state index in [4.69, 9.17) is 0 Å². The molecule has 1 aliphatic heterocycles. The Kier molecular flexibility index (Phi) is 6.73. The SMILES string of the molecule is c1ccc(C2(c3ccc(-c4cccc(B5c6c(ccc7ccccc67)Cc6ccc7ccccc7c65)c4)cc3)c3ccccc3-c3ccccc32)cc1. The van der Waals surface area contributed by atoms with Gasteiger partial charge in [0.25, 0.3) is 0 Å². The van der Waals surface area contributed by atoms with E-state index in [1.807, 2.05) is 0 Å². The third kappa shape index (κ3) is 4.44. The van der Waals surface area contributed by atoms with Gasteiger partial charge in [0.1, 0.15) is 0 Å². The summed E-state index contributed by atoms with van der Waals surface area (Å²) in [6, 6.07) is 75.0. The normalized spacial score (nSPS) is 13.7. The van der Waals surface area contributed by atoms with Gasteiger partial charge in [-0.3, -0.25) is 0 Å². The number of hydrogen-bond acceptors (Lipinski definition) is 0. The van der Waals surface area contributed by atoms with Crippen LogP contribution in [-0.2, 0) is 11.8 Å².